The summed E-state index contributed by atoms with van der Waals surface area (Å²) in [6.07, 6.45) is 0. The van der Waals surface area contributed by atoms with Gasteiger partial charge in [-0.2, -0.15) is 0 Å². The van der Waals surface area contributed by atoms with Gasteiger partial charge in [0.25, 0.3) is 0 Å². The van der Waals surface area contributed by atoms with Gasteiger partial charge in [0.15, 0.2) is 0 Å². The molecular weight excluding hydrogens is 274 g/mol. The predicted octanol–water partition coefficient (Wildman–Crippen LogP) is 1.99. The lowest BCUT2D eigenvalue weighted by Crippen LogP contribution is -2.07. The van der Waals surface area contributed by atoms with Crippen LogP contribution >= 0.6 is 0 Å². The number of hydrogen-bond acceptors (Lipinski definition) is 5. The summed E-state index contributed by atoms with van der Waals surface area (Å²) in [6, 6.07) is 8.57. The monoisotopic (exact) mass is 287 g/mol. The van der Waals surface area contributed by atoms with E-state index in [1.807, 2.05) is 0 Å². The number of nitrogen functional groups attached to an aromatic ring is 2. The number of aromatic carboxylic acids is 2. The average Bonchev–Trinajstić information content (AvgIpc) is 2.42. The van der Waals surface area contributed by atoms with Gasteiger partial charge < -0.3 is 27.0 Å². The van der Waals surface area contributed by atoms with Gasteiger partial charge in [0.2, 0.25) is 0 Å². The van der Waals surface area contributed by atoms with Crippen LogP contribution < -0.4 is 16.8 Å². The summed E-state index contributed by atoms with van der Waals surface area (Å²) in [4.78, 5) is 22.4. The van der Waals surface area contributed by atoms with E-state index in [1.165, 1.54) is 36.4 Å². The maximum Gasteiger partial charge on any atom is 0.337 e. The fourth-order valence-corrected chi connectivity index (χ4v) is 1.84. The van der Waals surface area contributed by atoms with Crippen LogP contribution in [0.2, 0.25) is 0 Å². The molecule has 7 heteroatoms. The minimum atomic E-state index is -1.17. The van der Waals surface area contributed by atoms with Crippen LogP contribution in [0.15, 0.2) is 36.4 Å². The van der Waals surface area contributed by atoms with E-state index in [9.17, 15) is 9.59 Å². The Kier molecular flexibility index (Phi) is 3.66. The molecule has 0 spiro atoms. The zero-order valence-electron chi connectivity index (χ0n) is 10.8. The number of rotatable bonds is 4. The quantitative estimate of drug-likeness (QED) is 0.542. The molecule has 0 heterocycles. The number of hydrogen-bond donors (Lipinski definition) is 5. The van der Waals surface area contributed by atoms with Crippen molar-refractivity contribution in [3.63, 3.8) is 0 Å². The molecule has 0 saturated carbocycles. The zero-order chi connectivity index (χ0) is 15.6. The highest BCUT2D eigenvalue weighted by atomic mass is 16.4. The van der Waals surface area contributed by atoms with Gasteiger partial charge in [-0.3, -0.25) is 0 Å². The number of carbonyl (C=O) groups is 2. The molecule has 108 valence electrons. The highest BCUT2D eigenvalue weighted by Gasteiger charge is 2.15. The minimum absolute atomic E-state index is 0.0526. The number of benzene rings is 2. The Morgan fingerprint density at radius 1 is 0.810 bits per heavy atom. The van der Waals surface area contributed by atoms with Crippen LogP contribution in [-0.4, -0.2) is 22.2 Å². The number of anilines is 4. The van der Waals surface area contributed by atoms with Gasteiger partial charge in [0.1, 0.15) is 0 Å². The maximum absolute atomic E-state index is 11.2. The summed E-state index contributed by atoms with van der Waals surface area (Å²) in [5, 5.41) is 21.1. The maximum atomic E-state index is 11.2. The van der Waals surface area contributed by atoms with Crippen LogP contribution in [0, 0.1) is 0 Å². The summed E-state index contributed by atoms with van der Waals surface area (Å²) in [6.45, 7) is 0. The minimum Gasteiger partial charge on any atom is -0.478 e. The zero-order valence-corrected chi connectivity index (χ0v) is 10.8. The summed E-state index contributed by atoms with van der Waals surface area (Å²) in [5.41, 5.74) is 12.1. The molecule has 0 saturated heterocycles. The number of carboxylic acids is 2. The molecule has 0 unspecified atom stereocenters. The van der Waals surface area contributed by atoms with Crippen molar-refractivity contribution in [1.29, 1.82) is 0 Å². The predicted molar refractivity (Wildman–Crippen MR) is 78.9 cm³/mol. The van der Waals surface area contributed by atoms with Crippen molar-refractivity contribution in [1.82, 2.24) is 0 Å². The van der Waals surface area contributed by atoms with Gasteiger partial charge in [-0.15, -0.1) is 0 Å². The summed E-state index contributed by atoms with van der Waals surface area (Å²) in [5.74, 6) is -2.34. The lowest BCUT2D eigenvalue weighted by Gasteiger charge is -2.13. The molecular formula is C14H13N3O4. The molecule has 0 amide bonds. The Morgan fingerprint density at radius 2 is 1.19 bits per heavy atom. The van der Waals surface area contributed by atoms with Crippen molar-refractivity contribution in [2.45, 2.75) is 0 Å². The highest BCUT2D eigenvalue weighted by Crippen LogP contribution is 2.27. The third-order valence-electron chi connectivity index (χ3n) is 2.82. The molecule has 0 aromatic heterocycles. The van der Waals surface area contributed by atoms with Gasteiger partial charge in [0.05, 0.1) is 22.5 Å². The molecule has 0 aliphatic rings. The topological polar surface area (TPSA) is 139 Å². The Labute approximate surface area is 119 Å². The third kappa shape index (κ3) is 3.03. The molecule has 2 rings (SSSR count). The molecule has 7 nitrogen and oxygen atoms in total. The smallest absolute Gasteiger partial charge is 0.337 e. The van der Waals surface area contributed by atoms with Gasteiger partial charge in [-0.1, -0.05) is 0 Å². The molecule has 2 aromatic carbocycles. The van der Waals surface area contributed by atoms with Crippen LogP contribution in [0.4, 0.5) is 22.7 Å². The summed E-state index contributed by atoms with van der Waals surface area (Å²) >= 11 is 0. The van der Waals surface area contributed by atoms with E-state index in [1.54, 1.807) is 0 Å². The molecule has 0 bridgehead atoms. The first kappa shape index (κ1) is 14.2. The van der Waals surface area contributed by atoms with Crippen molar-refractivity contribution < 1.29 is 19.8 Å². The van der Waals surface area contributed by atoms with E-state index < -0.39 is 11.9 Å². The second-order valence-electron chi connectivity index (χ2n) is 4.35. The Balaban J connectivity index is 2.48. The van der Waals surface area contributed by atoms with Crippen LogP contribution in [0.25, 0.3) is 0 Å². The van der Waals surface area contributed by atoms with E-state index in [0.717, 1.165) is 0 Å². The van der Waals surface area contributed by atoms with Crippen LogP contribution in [0.3, 0.4) is 0 Å². The lowest BCUT2D eigenvalue weighted by molar-refractivity contribution is 0.0688. The number of carboxylic acid groups (broad SMARTS) is 2. The van der Waals surface area contributed by atoms with Crippen LogP contribution in [-0.2, 0) is 0 Å². The van der Waals surface area contributed by atoms with E-state index in [4.69, 9.17) is 21.7 Å². The molecule has 7 N–H and O–H groups in total. The van der Waals surface area contributed by atoms with Crippen molar-refractivity contribution in [2.24, 2.45) is 0 Å². The van der Waals surface area contributed by atoms with Crippen LogP contribution in [0.5, 0.6) is 0 Å². The average molecular weight is 287 g/mol. The fourth-order valence-electron chi connectivity index (χ4n) is 1.84. The van der Waals surface area contributed by atoms with Crippen molar-refractivity contribution in [2.75, 3.05) is 16.8 Å². The van der Waals surface area contributed by atoms with Gasteiger partial charge in [0, 0.05) is 11.4 Å². The van der Waals surface area contributed by atoms with Crippen molar-refractivity contribution >= 4 is 34.7 Å². The van der Waals surface area contributed by atoms with E-state index in [2.05, 4.69) is 5.32 Å². The first-order valence-electron chi connectivity index (χ1n) is 5.91. The van der Waals surface area contributed by atoms with Gasteiger partial charge in [-0.05, 0) is 36.4 Å². The third-order valence-corrected chi connectivity index (χ3v) is 2.82. The highest BCUT2D eigenvalue weighted by molar-refractivity contribution is 5.99. The van der Waals surface area contributed by atoms with Crippen molar-refractivity contribution in [3.8, 4) is 0 Å². The first-order valence-corrected chi connectivity index (χ1v) is 5.91. The lowest BCUT2D eigenvalue weighted by atomic mass is 10.1. The number of nitrogens with one attached hydrogen (secondary N) is 1. The Bertz CT molecular complexity index is 667. The molecule has 0 radical (unpaired) electrons. The molecule has 0 fully saturated rings. The molecule has 2 aromatic rings. The number of nitrogens with two attached hydrogens (primary N) is 2. The fraction of sp³-hybridized carbons (Fsp3) is 0. The molecule has 0 atom stereocenters. The molecule has 21 heavy (non-hydrogen) atoms. The van der Waals surface area contributed by atoms with E-state index in [-0.39, 0.29) is 22.5 Å². The largest absolute Gasteiger partial charge is 0.478 e. The standard InChI is InChI=1S/C14H13N3O4/c15-7-1-3-11(9(5-7)13(18)19)17-12-4-2-8(16)6-10(12)14(20)21/h1-6,17H,15-16H2,(H,18,19)(H,20,21). The second kappa shape index (κ2) is 5.41. The summed E-state index contributed by atoms with van der Waals surface area (Å²) in [7, 11) is 0. The SMILES string of the molecule is Nc1ccc(Nc2ccc(N)cc2C(=O)O)c(C(=O)O)c1. The Hall–Kier alpha value is -3.22. The first-order chi connectivity index (χ1) is 9.88. The van der Waals surface area contributed by atoms with E-state index in [0.29, 0.717) is 11.4 Å². The molecule has 0 aliphatic carbocycles. The van der Waals surface area contributed by atoms with Gasteiger partial charge >= 0.3 is 11.9 Å². The molecule has 0 aliphatic heterocycles. The van der Waals surface area contributed by atoms with E-state index >= 15 is 0 Å². The summed E-state index contributed by atoms with van der Waals surface area (Å²) < 4.78 is 0. The second-order valence-corrected chi connectivity index (χ2v) is 4.35. The van der Waals surface area contributed by atoms with Gasteiger partial charge in [-0.25, -0.2) is 9.59 Å². The van der Waals surface area contributed by atoms with Crippen LogP contribution in [0.1, 0.15) is 20.7 Å². The Morgan fingerprint density at radius 3 is 1.52 bits per heavy atom. The normalized spacial score (nSPS) is 10.1. The van der Waals surface area contributed by atoms with Crippen molar-refractivity contribution in [3.05, 3.63) is 47.5 Å².